The lowest BCUT2D eigenvalue weighted by atomic mass is 10.3. The van der Waals surface area contributed by atoms with E-state index in [1.54, 1.807) is 4.68 Å². The predicted octanol–water partition coefficient (Wildman–Crippen LogP) is 4.35. The van der Waals surface area contributed by atoms with Gasteiger partial charge in [-0.15, -0.1) is 0 Å². The van der Waals surface area contributed by atoms with Crippen LogP contribution in [0.25, 0.3) is 0 Å². The van der Waals surface area contributed by atoms with Crippen molar-refractivity contribution in [3.63, 3.8) is 0 Å². The molecule has 0 bridgehead atoms. The SMILES string of the molecule is CCOP(=S)(OCC)SCc1n[nH]c(=S)n1Nc1ccccc1. The third-order valence-electron chi connectivity index (χ3n) is 2.68. The molecule has 0 aliphatic heterocycles. The first-order valence-corrected chi connectivity index (χ1v) is 11.7. The fourth-order valence-corrected chi connectivity index (χ4v) is 6.28. The van der Waals surface area contributed by atoms with Gasteiger partial charge in [0.05, 0.1) is 24.7 Å². The lowest BCUT2D eigenvalue weighted by Crippen LogP contribution is -2.12. The van der Waals surface area contributed by atoms with Crippen LogP contribution in [0.1, 0.15) is 19.7 Å². The molecule has 1 heterocycles. The number of rotatable bonds is 9. The van der Waals surface area contributed by atoms with Gasteiger partial charge in [-0.2, -0.15) is 5.10 Å². The molecule has 1 aromatic heterocycles. The Morgan fingerprint density at radius 3 is 2.52 bits per heavy atom. The molecular weight excluding hydrogens is 371 g/mol. The fraction of sp³-hybridized carbons (Fsp3) is 0.385. The van der Waals surface area contributed by atoms with Crippen LogP contribution in [0, 0.1) is 4.77 Å². The molecule has 6 nitrogen and oxygen atoms in total. The van der Waals surface area contributed by atoms with Gasteiger partial charge in [-0.3, -0.25) is 10.5 Å². The summed E-state index contributed by atoms with van der Waals surface area (Å²) in [6.45, 7) is 4.88. The van der Waals surface area contributed by atoms with E-state index in [2.05, 4.69) is 15.6 Å². The summed E-state index contributed by atoms with van der Waals surface area (Å²) in [5.74, 6) is 1.27. The molecule has 0 atom stereocenters. The number of H-pyrrole nitrogens is 1. The molecule has 0 saturated heterocycles. The maximum atomic E-state index is 5.63. The quantitative estimate of drug-likeness (QED) is 0.487. The number of nitrogens with one attached hydrogen (secondary N) is 2. The monoisotopic (exact) mass is 390 g/mol. The molecule has 0 amide bonds. The van der Waals surface area contributed by atoms with Gasteiger partial charge < -0.3 is 9.05 Å². The van der Waals surface area contributed by atoms with Gasteiger partial charge in [-0.1, -0.05) is 29.6 Å². The van der Waals surface area contributed by atoms with Gasteiger partial charge >= 0.3 is 0 Å². The number of aromatic amines is 1. The number of para-hydroxylation sites is 1. The van der Waals surface area contributed by atoms with E-state index in [-0.39, 0.29) is 0 Å². The van der Waals surface area contributed by atoms with Crippen LogP contribution in [0.5, 0.6) is 0 Å². The van der Waals surface area contributed by atoms with Crippen molar-refractivity contribution in [3.05, 3.63) is 40.9 Å². The third-order valence-corrected chi connectivity index (χ3v) is 8.36. The van der Waals surface area contributed by atoms with E-state index < -0.39 is 5.69 Å². The molecule has 0 saturated carbocycles. The first-order valence-electron chi connectivity index (χ1n) is 7.10. The molecule has 0 spiro atoms. The number of hydrogen-bond acceptors (Lipinski definition) is 7. The number of hydrogen-bond donors (Lipinski definition) is 2. The second-order valence-corrected chi connectivity index (χ2v) is 11.0. The average molecular weight is 390 g/mol. The molecule has 0 aliphatic rings. The maximum Gasteiger partial charge on any atom is 0.247 e. The number of anilines is 1. The molecule has 23 heavy (non-hydrogen) atoms. The largest absolute Gasteiger partial charge is 0.322 e. The zero-order valence-corrected chi connectivity index (χ0v) is 16.2. The van der Waals surface area contributed by atoms with Gasteiger partial charge in [-0.05, 0) is 50.0 Å². The Labute approximate surface area is 149 Å². The molecule has 0 fully saturated rings. The Kier molecular flexibility index (Phi) is 7.26. The molecule has 0 unspecified atom stereocenters. The topological polar surface area (TPSA) is 64.1 Å². The average Bonchev–Trinajstić information content (AvgIpc) is 2.88. The van der Waals surface area contributed by atoms with E-state index in [1.165, 1.54) is 11.4 Å². The van der Waals surface area contributed by atoms with Crippen molar-refractivity contribution < 1.29 is 9.05 Å². The van der Waals surface area contributed by atoms with Crippen molar-refractivity contribution in [2.45, 2.75) is 19.6 Å². The summed E-state index contributed by atoms with van der Waals surface area (Å²) in [5, 5.41) is 7.05. The highest BCUT2D eigenvalue weighted by molar-refractivity contribution is 8.67. The zero-order chi connectivity index (χ0) is 16.7. The third kappa shape index (κ3) is 5.41. The van der Waals surface area contributed by atoms with Gasteiger partial charge in [0.2, 0.25) is 10.5 Å². The maximum absolute atomic E-state index is 5.63. The number of aromatic nitrogens is 3. The lowest BCUT2D eigenvalue weighted by Gasteiger charge is -2.19. The predicted molar refractivity (Wildman–Crippen MR) is 102 cm³/mol. The van der Waals surface area contributed by atoms with Crippen molar-refractivity contribution >= 4 is 46.8 Å². The Morgan fingerprint density at radius 2 is 1.91 bits per heavy atom. The van der Waals surface area contributed by atoms with Crippen LogP contribution in [-0.2, 0) is 26.6 Å². The number of benzene rings is 1. The van der Waals surface area contributed by atoms with Crippen LogP contribution in [0.15, 0.2) is 30.3 Å². The smallest absolute Gasteiger partial charge is 0.247 e. The summed E-state index contributed by atoms with van der Waals surface area (Å²) >= 11 is 12.2. The minimum atomic E-state index is -2.36. The van der Waals surface area contributed by atoms with E-state index in [9.17, 15) is 0 Å². The molecule has 0 aliphatic carbocycles. The van der Waals surface area contributed by atoms with Gasteiger partial charge in [-0.25, -0.2) is 4.68 Å². The Balaban J connectivity index is 2.12. The van der Waals surface area contributed by atoms with Gasteiger partial charge in [0.15, 0.2) is 5.82 Å². The summed E-state index contributed by atoms with van der Waals surface area (Å²) in [6.07, 6.45) is 0. The van der Waals surface area contributed by atoms with E-state index in [0.717, 1.165) is 11.5 Å². The van der Waals surface area contributed by atoms with Crippen molar-refractivity contribution in [3.8, 4) is 0 Å². The van der Waals surface area contributed by atoms with E-state index >= 15 is 0 Å². The second-order valence-electron chi connectivity index (χ2n) is 4.31. The minimum Gasteiger partial charge on any atom is -0.322 e. The molecule has 126 valence electrons. The zero-order valence-electron chi connectivity index (χ0n) is 12.9. The van der Waals surface area contributed by atoms with Crippen molar-refractivity contribution in [1.82, 2.24) is 14.9 Å². The Morgan fingerprint density at radius 1 is 1.26 bits per heavy atom. The molecular formula is C13H19N4O2PS3. The van der Waals surface area contributed by atoms with E-state index in [0.29, 0.717) is 23.7 Å². The molecule has 1 aromatic carbocycles. The molecule has 10 heteroatoms. The molecule has 0 radical (unpaired) electrons. The van der Waals surface area contributed by atoms with Crippen LogP contribution < -0.4 is 5.43 Å². The Hall–Kier alpha value is -0.700. The molecule has 2 rings (SSSR count). The van der Waals surface area contributed by atoms with E-state index in [4.69, 9.17) is 33.1 Å². The Bertz CT molecular complexity index is 710. The van der Waals surface area contributed by atoms with Crippen LogP contribution in [0.3, 0.4) is 0 Å². The minimum absolute atomic E-state index is 0.491. The van der Waals surface area contributed by atoms with Crippen LogP contribution in [0.2, 0.25) is 0 Å². The second kappa shape index (κ2) is 8.96. The summed E-state index contributed by atoms with van der Waals surface area (Å²) < 4.78 is 13.5. The standard InChI is InChI=1S/C13H19N4O2PS3/c1-3-18-20(22,19-4-2)23-10-12-14-15-13(21)17(12)16-11-8-6-5-7-9-11/h5-9,16H,3-4,10H2,1-2H3,(H,15,21). The summed E-state index contributed by atoms with van der Waals surface area (Å²) in [5.41, 5.74) is 1.79. The van der Waals surface area contributed by atoms with Crippen LogP contribution >= 0.6 is 29.3 Å². The highest BCUT2D eigenvalue weighted by Gasteiger charge is 2.20. The summed E-state index contributed by atoms with van der Waals surface area (Å²) in [4.78, 5) is 0. The van der Waals surface area contributed by atoms with Crippen LogP contribution in [-0.4, -0.2) is 28.1 Å². The van der Waals surface area contributed by atoms with Gasteiger partial charge in [0.1, 0.15) is 0 Å². The normalized spacial score (nSPS) is 11.6. The van der Waals surface area contributed by atoms with Crippen molar-refractivity contribution in [2.24, 2.45) is 0 Å². The highest BCUT2D eigenvalue weighted by atomic mass is 32.9. The molecule has 2 aromatic rings. The fourth-order valence-electron chi connectivity index (χ4n) is 1.75. The van der Waals surface area contributed by atoms with E-state index in [1.807, 2.05) is 44.2 Å². The summed E-state index contributed by atoms with van der Waals surface area (Å²) in [7, 11) is 0. The van der Waals surface area contributed by atoms with Gasteiger partial charge in [0.25, 0.3) is 0 Å². The first kappa shape index (κ1) is 18.6. The van der Waals surface area contributed by atoms with Crippen molar-refractivity contribution in [2.75, 3.05) is 18.6 Å². The lowest BCUT2D eigenvalue weighted by molar-refractivity contribution is 0.280. The van der Waals surface area contributed by atoms with Gasteiger partial charge in [0, 0.05) is 0 Å². The first-order chi connectivity index (χ1) is 11.1. The van der Waals surface area contributed by atoms with Crippen LogP contribution in [0.4, 0.5) is 5.69 Å². The highest BCUT2D eigenvalue weighted by Crippen LogP contribution is 2.61. The number of nitrogens with zero attached hydrogens (tertiary/aromatic N) is 2. The van der Waals surface area contributed by atoms with Crippen molar-refractivity contribution in [1.29, 1.82) is 0 Å². The molecule has 2 N–H and O–H groups in total. The summed E-state index contributed by atoms with van der Waals surface area (Å²) in [6, 6.07) is 9.76.